The zero-order valence-electron chi connectivity index (χ0n) is 16.1. The molecule has 0 saturated heterocycles. The fourth-order valence-electron chi connectivity index (χ4n) is 4.49. The van der Waals surface area contributed by atoms with E-state index in [4.69, 9.17) is 16.3 Å². The number of fused-ring (bicyclic) bond motifs is 2. The Labute approximate surface area is 170 Å². The molecule has 28 heavy (non-hydrogen) atoms. The van der Waals surface area contributed by atoms with Gasteiger partial charge < -0.3 is 4.74 Å². The molecule has 0 amide bonds. The molecule has 2 aromatic carbocycles. The SMILES string of the molecule is CCc1cc(-c2ccc(Cl)cc2)ccc1C1=C(OC(C)=O)[C@@H]2CC[C@@H](C2)C1=O. The second kappa shape index (κ2) is 7.56. The van der Waals surface area contributed by atoms with Gasteiger partial charge in [-0.2, -0.15) is 0 Å². The van der Waals surface area contributed by atoms with Crippen LogP contribution in [0.2, 0.25) is 5.02 Å². The third kappa shape index (κ3) is 3.40. The van der Waals surface area contributed by atoms with Gasteiger partial charge in [-0.1, -0.05) is 48.9 Å². The first-order valence-corrected chi connectivity index (χ1v) is 10.2. The van der Waals surface area contributed by atoms with Gasteiger partial charge in [0.25, 0.3) is 0 Å². The molecule has 3 nitrogen and oxygen atoms in total. The molecule has 0 N–H and O–H groups in total. The summed E-state index contributed by atoms with van der Waals surface area (Å²) in [4.78, 5) is 24.9. The lowest BCUT2D eigenvalue weighted by atomic mass is 9.81. The number of ether oxygens (including phenoxy) is 1. The number of Topliss-reactive ketones (excluding diaryl/α,β-unsaturated/α-hetero) is 1. The predicted molar refractivity (Wildman–Crippen MR) is 111 cm³/mol. The van der Waals surface area contributed by atoms with Crippen molar-refractivity contribution in [3.63, 3.8) is 0 Å². The van der Waals surface area contributed by atoms with Gasteiger partial charge in [0.05, 0.1) is 5.57 Å². The average molecular weight is 395 g/mol. The smallest absolute Gasteiger partial charge is 0.307 e. The standard InChI is InChI=1S/C24H23ClO3/c1-3-15-12-17(16-6-9-20(25)10-7-16)8-11-21(15)22-23(27)18-4-5-19(13-18)24(22)28-14(2)26/h6-12,18-19H,3-5,13H2,1-2H3/t18-,19+/m0/s1. The fraction of sp³-hybridized carbons (Fsp3) is 0.333. The van der Waals surface area contributed by atoms with E-state index in [2.05, 4.69) is 13.0 Å². The molecule has 2 aliphatic carbocycles. The van der Waals surface area contributed by atoms with Crippen LogP contribution in [-0.4, -0.2) is 11.8 Å². The molecule has 1 fully saturated rings. The molecule has 0 aromatic heterocycles. The molecule has 0 radical (unpaired) electrons. The zero-order valence-corrected chi connectivity index (χ0v) is 16.9. The topological polar surface area (TPSA) is 43.4 Å². The summed E-state index contributed by atoms with van der Waals surface area (Å²) < 4.78 is 5.59. The first-order valence-electron chi connectivity index (χ1n) is 9.84. The monoisotopic (exact) mass is 394 g/mol. The van der Waals surface area contributed by atoms with E-state index >= 15 is 0 Å². The minimum absolute atomic E-state index is 0.0555. The van der Waals surface area contributed by atoms with E-state index in [-0.39, 0.29) is 23.6 Å². The van der Waals surface area contributed by atoms with Gasteiger partial charge in [-0.05, 0) is 60.1 Å². The van der Waals surface area contributed by atoms with Crippen LogP contribution in [0.3, 0.4) is 0 Å². The van der Waals surface area contributed by atoms with Crippen LogP contribution in [0, 0.1) is 11.8 Å². The van der Waals surface area contributed by atoms with Gasteiger partial charge in [0, 0.05) is 23.8 Å². The minimum atomic E-state index is -0.360. The molecule has 2 bridgehead atoms. The third-order valence-corrected chi connectivity index (χ3v) is 6.11. The summed E-state index contributed by atoms with van der Waals surface area (Å²) >= 11 is 6.01. The fourth-order valence-corrected chi connectivity index (χ4v) is 4.62. The van der Waals surface area contributed by atoms with E-state index in [0.717, 1.165) is 47.9 Å². The van der Waals surface area contributed by atoms with Gasteiger partial charge >= 0.3 is 5.97 Å². The summed E-state index contributed by atoms with van der Waals surface area (Å²) in [5.41, 5.74) is 4.77. The largest absolute Gasteiger partial charge is 0.430 e. The summed E-state index contributed by atoms with van der Waals surface area (Å²) in [7, 11) is 0. The first kappa shape index (κ1) is 18.9. The summed E-state index contributed by atoms with van der Waals surface area (Å²) in [6.45, 7) is 3.49. The lowest BCUT2D eigenvalue weighted by molar-refractivity contribution is -0.137. The number of allylic oxidation sites excluding steroid dienone is 2. The van der Waals surface area contributed by atoms with E-state index < -0.39 is 0 Å². The van der Waals surface area contributed by atoms with Gasteiger partial charge in [0.2, 0.25) is 0 Å². The number of esters is 1. The second-order valence-corrected chi connectivity index (χ2v) is 8.07. The number of carbonyl (C=O) groups excluding carboxylic acids is 2. The Morgan fingerprint density at radius 3 is 2.43 bits per heavy atom. The average Bonchev–Trinajstić information content (AvgIpc) is 3.13. The van der Waals surface area contributed by atoms with Gasteiger partial charge in [-0.25, -0.2) is 0 Å². The normalized spacial score (nSPS) is 21.2. The number of halogens is 1. The molecule has 0 aliphatic heterocycles. The van der Waals surface area contributed by atoms with Crippen molar-refractivity contribution in [3.8, 4) is 11.1 Å². The number of ketones is 1. The maximum Gasteiger partial charge on any atom is 0.307 e. The molecule has 0 heterocycles. The molecule has 0 spiro atoms. The van der Waals surface area contributed by atoms with E-state index in [1.807, 2.05) is 36.4 Å². The van der Waals surface area contributed by atoms with E-state index in [9.17, 15) is 9.59 Å². The zero-order chi connectivity index (χ0) is 19.8. The highest BCUT2D eigenvalue weighted by Crippen LogP contribution is 2.47. The molecule has 4 heteroatoms. The number of benzene rings is 2. The number of hydrogen-bond donors (Lipinski definition) is 0. The van der Waals surface area contributed by atoms with Gasteiger partial charge in [-0.15, -0.1) is 0 Å². The quantitative estimate of drug-likeness (QED) is 0.611. The molecule has 4 rings (SSSR count). The number of rotatable bonds is 4. The van der Waals surface area contributed by atoms with Crippen LogP contribution in [0.5, 0.6) is 0 Å². The van der Waals surface area contributed by atoms with Crippen molar-refractivity contribution in [2.75, 3.05) is 0 Å². The predicted octanol–water partition coefficient (Wildman–Crippen LogP) is 5.84. The highest BCUT2D eigenvalue weighted by Gasteiger charge is 2.43. The summed E-state index contributed by atoms with van der Waals surface area (Å²) in [6.07, 6.45) is 3.38. The Bertz CT molecular complexity index is 972. The summed E-state index contributed by atoms with van der Waals surface area (Å²) in [5.74, 6) is 0.572. The minimum Gasteiger partial charge on any atom is -0.430 e. The van der Waals surface area contributed by atoms with Crippen molar-refractivity contribution in [1.82, 2.24) is 0 Å². The van der Waals surface area contributed by atoms with Gasteiger partial charge in [0.15, 0.2) is 5.78 Å². The lowest BCUT2D eigenvalue weighted by Crippen LogP contribution is -2.24. The van der Waals surface area contributed by atoms with Crippen LogP contribution in [0.25, 0.3) is 16.7 Å². The summed E-state index contributed by atoms with van der Waals surface area (Å²) in [5, 5.41) is 0.704. The Kier molecular flexibility index (Phi) is 5.11. The van der Waals surface area contributed by atoms with Crippen molar-refractivity contribution in [2.45, 2.75) is 39.5 Å². The van der Waals surface area contributed by atoms with E-state index in [1.54, 1.807) is 0 Å². The Morgan fingerprint density at radius 2 is 1.75 bits per heavy atom. The van der Waals surface area contributed by atoms with E-state index in [1.165, 1.54) is 6.92 Å². The Hall–Kier alpha value is -2.39. The number of hydrogen-bond acceptors (Lipinski definition) is 3. The van der Waals surface area contributed by atoms with Crippen molar-refractivity contribution < 1.29 is 14.3 Å². The first-order chi connectivity index (χ1) is 13.5. The van der Waals surface area contributed by atoms with Gasteiger partial charge in [0.1, 0.15) is 5.76 Å². The maximum absolute atomic E-state index is 13.2. The third-order valence-electron chi connectivity index (χ3n) is 5.85. The van der Waals surface area contributed by atoms with Crippen molar-refractivity contribution in [3.05, 3.63) is 64.4 Å². The van der Waals surface area contributed by atoms with Gasteiger partial charge in [-0.3, -0.25) is 9.59 Å². The summed E-state index contributed by atoms with van der Waals surface area (Å²) in [6, 6.07) is 13.9. The number of aryl methyl sites for hydroxylation is 1. The molecule has 2 aromatic rings. The lowest BCUT2D eigenvalue weighted by Gasteiger charge is -2.26. The van der Waals surface area contributed by atoms with Crippen LogP contribution < -0.4 is 0 Å². The van der Waals surface area contributed by atoms with Crippen molar-refractivity contribution >= 4 is 28.9 Å². The number of carbonyl (C=O) groups is 2. The molecule has 2 atom stereocenters. The second-order valence-electron chi connectivity index (χ2n) is 7.64. The van der Waals surface area contributed by atoms with Crippen LogP contribution in [0.15, 0.2) is 48.2 Å². The van der Waals surface area contributed by atoms with Crippen LogP contribution >= 0.6 is 11.6 Å². The van der Waals surface area contributed by atoms with Crippen molar-refractivity contribution in [2.24, 2.45) is 11.8 Å². The van der Waals surface area contributed by atoms with Crippen LogP contribution in [0.1, 0.15) is 44.2 Å². The van der Waals surface area contributed by atoms with Crippen LogP contribution in [-0.2, 0) is 20.7 Å². The van der Waals surface area contributed by atoms with E-state index in [0.29, 0.717) is 16.4 Å². The Morgan fingerprint density at radius 1 is 1.07 bits per heavy atom. The molecule has 2 aliphatic rings. The molecule has 144 valence electrons. The Balaban J connectivity index is 1.83. The molecule has 1 saturated carbocycles. The van der Waals surface area contributed by atoms with Crippen LogP contribution in [0.4, 0.5) is 0 Å². The van der Waals surface area contributed by atoms with Crippen molar-refractivity contribution in [1.29, 1.82) is 0 Å². The molecular formula is C24H23ClO3. The maximum atomic E-state index is 13.2. The highest BCUT2D eigenvalue weighted by atomic mass is 35.5. The molecule has 0 unspecified atom stereocenters. The highest BCUT2D eigenvalue weighted by molar-refractivity contribution is 6.30. The molecular weight excluding hydrogens is 372 g/mol.